The molecule has 1 saturated heterocycles. The van der Waals surface area contributed by atoms with E-state index in [1.807, 2.05) is 0 Å². The van der Waals surface area contributed by atoms with Crippen molar-refractivity contribution in [1.82, 2.24) is 10.4 Å². The normalized spacial score (nSPS) is 22.9. The van der Waals surface area contributed by atoms with E-state index < -0.39 is 0 Å². The van der Waals surface area contributed by atoms with E-state index in [1.54, 1.807) is 0 Å². The molecule has 3 nitrogen and oxygen atoms in total. The van der Waals surface area contributed by atoms with Crippen molar-refractivity contribution in [2.24, 2.45) is 0 Å². The summed E-state index contributed by atoms with van der Waals surface area (Å²) in [4.78, 5) is 8.07. The fourth-order valence-electron chi connectivity index (χ4n) is 2.80. The van der Waals surface area contributed by atoms with Crippen LogP contribution in [0, 0.1) is 0 Å². The Balaban J connectivity index is 1.74. The summed E-state index contributed by atoms with van der Waals surface area (Å²) >= 11 is 0. The van der Waals surface area contributed by atoms with E-state index in [9.17, 15) is 0 Å². The fourth-order valence-corrected chi connectivity index (χ4v) is 2.80. The van der Waals surface area contributed by atoms with Crippen LogP contribution in [-0.4, -0.2) is 18.0 Å². The zero-order valence-corrected chi connectivity index (χ0v) is 12.6. The third-order valence-corrected chi connectivity index (χ3v) is 4.15. The Bertz CT molecular complexity index is 493. The molecule has 2 heterocycles. The molecule has 1 unspecified atom stereocenters. The molecule has 0 radical (unpaired) electrons. The minimum atomic E-state index is 0.0274. The quantitative estimate of drug-likeness (QED) is 0.892. The van der Waals surface area contributed by atoms with Crippen LogP contribution in [0.1, 0.15) is 50.8 Å². The number of nitrogens with one attached hydrogen (secondary N) is 1. The van der Waals surface area contributed by atoms with E-state index in [0.29, 0.717) is 0 Å². The van der Waals surface area contributed by atoms with E-state index in [1.165, 1.54) is 24.0 Å². The summed E-state index contributed by atoms with van der Waals surface area (Å²) in [6.45, 7) is 8.98. The van der Waals surface area contributed by atoms with Gasteiger partial charge in [-0.2, -0.15) is 0 Å². The lowest BCUT2D eigenvalue weighted by Crippen LogP contribution is -2.25. The molecule has 0 saturated carbocycles. The third kappa shape index (κ3) is 2.68. The van der Waals surface area contributed by atoms with E-state index >= 15 is 0 Å². The molecule has 108 valence electrons. The Hall–Kier alpha value is -1.48. The van der Waals surface area contributed by atoms with Crippen LogP contribution in [-0.2, 0) is 10.3 Å². The smallest absolute Gasteiger partial charge is 0.132 e. The first-order valence-corrected chi connectivity index (χ1v) is 7.53. The molecule has 2 aliphatic heterocycles. The average molecular weight is 272 g/mol. The Morgan fingerprint density at radius 2 is 1.75 bits per heavy atom. The summed E-state index contributed by atoms with van der Waals surface area (Å²) in [6.07, 6.45) is 4.78. The fraction of sp³-hybridized carbons (Fsp3) is 0.529. The molecule has 1 aromatic rings. The maximum absolute atomic E-state index is 5.71. The number of nitrogens with zero attached hydrogens (tertiary/aromatic N) is 1. The van der Waals surface area contributed by atoms with Gasteiger partial charge in [-0.25, -0.2) is 0 Å². The van der Waals surface area contributed by atoms with Crippen LogP contribution in [0.15, 0.2) is 36.2 Å². The van der Waals surface area contributed by atoms with Gasteiger partial charge in [0.15, 0.2) is 0 Å². The predicted octanol–water partition coefficient (Wildman–Crippen LogP) is 3.50. The van der Waals surface area contributed by atoms with Gasteiger partial charge in [0, 0.05) is 13.1 Å². The molecule has 20 heavy (non-hydrogen) atoms. The summed E-state index contributed by atoms with van der Waals surface area (Å²) in [6, 6.07) is 8.77. The topological polar surface area (TPSA) is 24.5 Å². The minimum Gasteiger partial charge on any atom is -0.357 e. The molecule has 2 aliphatic rings. The molecule has 1 aromatic carbocycles. The molecule has 1 fully saturated rings. The van der Waals surface area contributed by atoms with Crippen molar-refractivity contribution < 1.29 is 4.84 Å². The lowest BCUT2D eigenvalue weighted by atomic mass is 9.86. The average Bonchev–Trinajstić information content (AvgIpc) is 3.09. The van der Waals surface area contributed by atoms with Gasteiger partial charge in [0.1, 0.15) is 11.9 Å². The first kappa shape index (κ1) is 13.5. The number of hydrogen-bond donors (Lipinski definition) is 1. The van der Waals surface area contributed by atoms with E-state index in [0.717, 1.165) is 18.9 Å². The largest absolute Gasteiger partial charge is 0.357 e. The van der Waals surface area contributed by atoms with Crippen molar-refractivity contribution in [3.8, 4) is 0 Å². The molecule has 0 spiro atoms. The number of rotatable bonds is 2. The highest BCUT2D eigenvalue weighted by atomic mass is 16.7. The lowest BCUT2D eigenvalue weighted by molar-refractivity contribution is 0.0311. The van der Waals surface area contributed by atoms with Crippen molar-refractivity contribution in [2.75, 3.05) is 13.1 Å². The van der Waals surface area contributed by atoms with Crippen LogP contribution >= 0.6 is 0 Å². The third-order valence-electron chi connectivity index (χ3n) is 4.15. The minimum absolute atomic E-state index is 0.0274. The molecule has 0 amide bonds. The van der Waals surface area contributed by atoms with Crippen molar-refractivity contribution in [1.29, 1.82) is 0 Å². The van der Waals surface area contributed by atoms with E-state index in [4.69, 9.17) is 4.84 Å². The van der Waals surface area contributed by atoms with Crippen LogP contribution in [0.4, 0.5) is 0 Å². The van der Waals surface area contributed by atoms with Crippen LogP contribution in [0.25, 0.3) is 0 Å². The predicted molar refractivity (Wildman–Crippen MR) is 81.0 cm³/mol. The second-order valence-corrected chi connectivity index (χ2v) is 6.76. The van der Waals surface area contributed by atoms with Crippen molar-refractivity contribution in [2.45, 2.75) is 45.1 Å². The van der Waals surface area contributed by atoms with Crippen molar-refractivity contribution >= 4 is 0 Å². The van der Waals surface area contributed by atoms with Gasteiger partial charge < -0.3 is 4.90 Å². The second kappa shape index (κ2) is 5.13. The molecule has 1 atom stereocenters. The van der Waals surface area contributed by atoms with Gasteiger partial charge in [0.05, 0.1) is 0 Å². The molecule has 0 bridgehead atoms. The van der Waals surface area contributed by atoms with Crippen molar-refractivity contribution in [3.05, 3.63) is 47.3 Å². The van der Waals surface area contributed by atoms with Crippen LogP contribution in [0.2, 0.25) is 0 Å². The van der Waals surface area contributed by atoms with Gasteiger partial charge in [-0.15, -0.1) is 0 Å². The molecule has 0 aliphatic carbocycles. The van der Waals surface area contributed by atoms with E-state index in [-0.39, 0.29) is 11.5 Å². The molecule has 1 N–H and O–H groups in total. The zero-order valence-electron chi connectivity index (χ0n) is 12.6. The van der Waals surface area contributed by atoms with Gasteiger partial charge in [-0.3, -0.25) is 10.3 Å². The van der Waals surface area contributed by atoms with E-state index in [2.05, 4.69) is 61.5 Å². The summed E-state index contributed by atoms with van der Waals surface area (Å²) in [5, 5.41) is 0. The standard InChI is InChI=1S/C17H24N2O/c1-17(2,3)14-8-6-13(7-9-14)15-12-16(18-20-15)19-10-4-5-11-19/h6-9,12,15,18H,4-5,10-11H2,1-3H3. The maximum atomic E-state index is 5.71. The van der Waals surface area contributed by atoms with Gasteiger partial charge in [0.2, 0.25) is 0 Å². The van der Waals surface area contributed by atoms with Gasteiger partial charge in [0.25, 0.3) is 0 Å². The van der Waals surface area contributed by atoms with Crippen LogP contribution < -0.4 is 5.48 Å². The Morgan fingerprint density at radius 1 is 1.10 bits per heavy atom. The monoisotopic (exact) mass is 272 g/mol. The molecular weight excluding hydrogens is 248 g/mol. The van der Waals surface area contributed by atoms with Crippen LogP contribution in [0.3, 0.4) is 0 Å². The highest BCUT2D eigenvalue weighted by molar-refractivity contribution is 5.31. The first-order valence-electron chi connectivity index (χ1n) is 7.53. The highest BCUT2D eigenvalue weighted by Crippen LogP contribution is 2.29. The van der Waals surface area contributed by atoms with Gasteiger partial charge in [-0.1, -0.05) is 45.0 Å². The molecular formula is C17H24N2O. The Labute approximate surface area is 121 Å². The number of hydroxylamine groups is 1. The highest BCUT2D eigenvalue weighted by Gasteiger charge is 2.24. The summed E-state index contributed by atoms with van der Waals surface area (Å²) in [5.74, 6) is 1.13. The SMILES string of the molecule is CC(C)(C)c1ccc(C2C=C(N3CCCC3)NO2)cc1. The Kier molecular flexibility index (Phi) is 3.47. The second-order valence-electron chi connectivity index (χ2n) is 6.76. The summed E-state index contributed by atoms with van der Waals surface area (Å²) in [7, 11) is 0. The number of likely N-dealkylation sites (tertiary alicyclic amines) is 1. The number of benzene rings is 1. The number of hydrogen-bond acceptors (Lipinski definition) is 3. The maximum Gasteiger partial charge on any atom is 0.132 e. The zero-order chi connectivity index (χ0) is 14.2. The van der Waals surface area contributed by atoms with Crippen LogP contribution in [0.5, 0.6) is 0 Å². The molecule has 3 heteroatoms. The van der Waals surface area contributed by atoms with Gasteiger partial charge >= 0.3 is 0 Å². The lowest BCUT2D eigenvalue weighted by Gasteiger charge is -2.19. The molecule has 0 aromatic heterocycles. The summed E-state index contributed by atoms with van der Waals surface area (Å²) in [5.41, 5.74) is 5.84. The summed E-state index contributed by atoms with van der Waals surface area (Å²) < 4.78 is 0. The first-order chi connectivity index (χ1) is 9.54. The Morgan fingerprint density at radius 3 is 2.35 bits per heavy atom. The van der Waals surface area contributed by atoms with Crippen molar-refractivity contribution in [3.63, 3.8) is 0 Å². The van der Waals surface area contributed by atoms with Gasteiger partial charge in [-0.05, 0) is 35.5 Å². The molecule has 3 rings (SSSR count).